The highest BCUT2D eigenvalue weighted by atomic mass is 19.1. The highest BCUT2D eigenvalue weighted by Gasteiger charge is 2.29. The number of hydrogen-bond donors (Lipinski definition) is 0. The zero-order chi connectivity index (χ0) is 18.7. The second kappa shape index (κ2) is 8.44. The summed E-state index contributed by atoms with van der Waals surface area (Å²) in [6.45, 7) is 9.55. The highest BCUT2D eigenvalue weighted by Crippen LogP contribution is 2.22. The Hall–Kier alpha value is -1.53. The van der Waals surface area contributed by atoms with E-state index in [1.807, 2.05) is 0 Å². The molecule has 6 heteroatoms. The lowest BCUT2D eigenvalue weighted by Crippen LogP contribution is -2.52. The molecule has 144 valence electrons. The predicted molar refractivity (Wildman–Crippen MR) is 97.7 cm³/mol. The van der Waals surface area contributed by atoms with Crippen LogP contribution in [0.4, 0.5) is 8.78 Å². The Kier molecular flexibility index (Phi) is 6.24. The summed E-state index contributed by atoms with van der Waals surface area (Å²) in [6, 6.07) is 4.56. The minimum Gasteiger partial charge on any atom is -0.338 e. The molecule has 3 rings (SSSR count). The lowest BCUT2D eigenvalue weighted by molar-refractivity contribution is -0.131. The van der Waals surface area contributed by atoms with Gasteiger partial charge in [-0.05, 0) is 32.8 Å². The maximum atomic E-state index is 13.9. The van der Waals surface area contributed by atoms with E-state index >= 15 is 0 Å². The van der Waals surface area contributed by atoms with E-state index in [9.17, 15) is 13.6 Å². The number of hydrogen-bond acceptors (Lipinski definition) is 3. The van der Waals surface area contributed by atoms with E-state index in [0.717, 1.165) is 45.1 Å². The highest BCUT2D eigenvalue weighted by molar-refractivity contribution is 5.76. The van der Waals surface area contributed by atoms with Gasteiger partial charge in [0.25, 0.3) is 0 Å². The van der Waals surface area contributed by atoms with Crippen LogP contribution in [0.1, 0.15) is 38.7 Å². The average Bonchev–Trinajstić information content (AvgIpc) is 2.79. The van der Waals surface area contributed by atoms with Crippen LogP contribution in [0, 0.1) is 11.6 Å². The molecule has 2 aliphatic rings. The summed E-state index contributed by atoms with van der Waals surface area (Å²) in [5.41, 5.74) is 0.378. The largest absolute Gasteiger partial charge is 0.338 e. The molecule has 2 aliphatic heterocycles. The minimum atomic E-state index is -0.589. The molecule has 4 nitrogen and oxygen atoms in total. The number of piperazine rings is 1. The Labute approximate surface area is 154 Å². The molecule has 1 atom stereocenters. The van der Waals surface area contributed by atoms with Crippen LogP contribution < -0.4 is 0 Å². The maximum absolute atomic E-state index is 13.9. The van der Waals surface area contributed by atoms with Crippen LogP contribution in [-0.2, 0) is 11.3 Å². The van der Waals surface area contributed by atoms with Gasteiger partial charge < -0.3 is 4.90 Å². The number of amides is 1. The molecular weight excluding hydrogens is 336 g/mol. The summed E-state index contributed by atoms with van der Waals surface area (Å²) >= 11 is 0. The zero-order valence-corrected chi connectivity index (χ0v) is 15.8. The normalized spacial score (nSPS) is 23.5. The summed E-state index contributed by atoms with van der Waals surface area (Å²) in [5.74, 6) is -1.10. The van der Waals surface area contributed by atoms with Gasteiger partial charge in [0.2, 0.25) is 5.91 Å². The molecule has 2 fully saturated rings. The first-order valence-electron chi connectivity index (χ1n) is 9.64. The van der Waals surface area contributed by atoms with Crippen molar-refractivity contribution in [3.05, 3.63) is 35.4 Å². The molecule has 0 radical (unpaired) electrons. The second-order valence-electron chi connectivity index (χ2n) is 7.70. The summed E-state index contributed by atoms with van der Waals surface area (Å²) in [7, 11) is 0. The number of rotatable bonds is 4. The van der Waals surface area contributed by atoms with Gasteiger partial charge >= 0.3 is 0 Å². The molecule has 0 aliphatic carbocycles. The minimum absolute atomic E-state index is 0.0667. The molecule has 0 spiro atoms. The van der Waals surface area contributed by atoms with Crippen molar-refractivity contribution >= 4 is 5.91 Å². The molecule has 0 N–H and O–H groups in total. The van der Waals surface area contributed by atoms with Crippen molar-refractivity contribution in [2.45, 2.75) is 51.7 Å². The first-order chi connectivity index (χ1) is 12.4. The van der Waals surface area contributed by atoms with E-state index in [1.54, 1.807) is 4.90 Å². The fraction of sp³-hybridized carbons (Fsp3) is 0.650. The van der Waals surface area contributed by atoms with Gasteiger partial charge in [0.05, 0.1) is 0 Å². The fourth-order valence-electron chi connectivity index (χ4n) is 4.03. The van der Waals surface area contributed by atoms with Crippen molar-refractivity contribution in [1.82, 2.24) is 14.7 Å². The van der Waals surface area contributed by atoms with Crippen molar-refractivity contribution in [1.29, 1.82) is 0 Å². The Morgan fingerprint density at radius 1 is 1.08 bits per heavy atom. The van der Waals surface area contributed by atoms with Gasteiger partial charge in [0.1, 0.15) is 11.6 Å². The summed E-state index contributed by atoms with van der Waals surface area (Å²) in [6.07, 6.45) is 2.27. The molecule has 1 aromatic rings. The van der Waals surface area contributed by atoms with E-state index in [1.165, 1.54) is 12.1 Å². The van der Waals surface area contributed by atoms with E-state index in [4.69, 9.17) is 0 Å². The summed E-state index contributed by atoms with van der Waals surface area (Å²) in [4.78, 5) is 19.2. The number of halogens is 2. The van der Waals surface area contributed by atoms with Crippen LogP contribution in [0.25, 0.3) is 0 Å². The van der Waals surface area contributed by atoms with Crippen molar-refractivity contribution in [2.24, 2.45) is 0 Å². The first-order valence-corrected chi connectivity index (χ1v) is 9.64. The van der Waals surface area contributed by atoms with Crippen molar-refractivity contribution in [3.8, 4) is 0 Å². The standard InChI is InChI=1S/C20H29F2N3O/c1-15(2)23-9-11-24(12-10-23)18-5-6-20(26)25(8-7-18)14-16-3-4-17(21)13-19(16)22/h3-4,13,15,18H,5-12,14H2,1-2H3. The second-order valence-corrected chi connectivity index (χ2v) is 7.70. The van der Waals surface area contributed by atoms with Crippen LogP contribution in [0.3, 0.4) is 0 Å². The van der Waals surface area contributed by atoms with E-state index in [-0.39, 0.29) is 12.5 Å². The molecule has 1 unspecified atom stereocenters. The van der Waals surface area contributed by atoms with E-state index < -0.39 is 11.6 Å². The molecule has 2 saturated heterocycles. The fourth-order valence-corrected chi connectivity index (χ4v) is 4.03. The van der Waals surface area contributed by atoms with Crippen LogP contribution in [-0.4, -0.2) is 65.4 Å². The Balaban J connectivity index is 1.57. The lowest BCUT2D eigenvalue weighted by Gasteiger charge is -2.40. The average molecular weight is 365 g/mol. The Morgan fingerprint density at radius 2 is 1.81 bits per heavy atom. The molecule has 2 heterocycles. The van der Waals surface area contributed by atoms with E-state index in [0.29, 0.717) is 30.6 Å². The van der Waals surface area contributed by atoms with Crippen LogP contribution >= 0.6 is 0 Å². The Morgan fingerprint density at radius 3 is 2.46 bits per heavy atom. The van der Waals surface area contributed by atoms with Gasteiger partial charge in [-0.2, -0.15) is 0 Å². The topological polar surface area (TPSA) is 26.8 Å². The number of carbonyl (C=O) groups excluding carboxylic acids is 1. The van der Waals surface area contributed by atoms with Gasteiger partial charge in [-0.25, -0.2) is 8.78 Å². The molecule has 0 saturated carbocycles. The third-order valence-electron chi connectivity index (χ3n) is 5.75. The summed E-state index contributed by atoms with van der Waals surface area (Å²) < 4.78 is 27.0. The molecule has 1 amide bonds. The number of carbonyl (C=O) groups is 1. The third kappa shape index (κ3) is 4.60. The van der Waals surface area contributed by atoms with Gasteiger partial charge in [0.15, 0.2) is 0 Å². The maximum Gasteiger partial charge on any atom is 0.222 e. The SMILES string of the molecule is CC(C)N1CCN(C2CCC(=O)N(Cc3ccc(F)cc3F)CC2)CC1. The van der Waals surface area contributed by atoms with Gasteiger partial charge in [-0.15, -0.1) is 0 Å². The number of nitrogens with zero attached hydrogens (tertiary/aromatic N) is 3. The van der Waals surface area contributed by atoms with Crippen molar-refractivity contribution in [2.75, 3.05) is 32.7 Å². The van der Waals surface area contributed by atoms with Crippen LogP contribution in [0.5, 0.6) is 0 Å². The molecule has 26 heavy (non-hydrogen) atoms. The number of benzene rings is 1. The van der Waals surface area contributed by atoms with E-state index in [2.05, 4.69) is 23.6 Å². The van der Waals surface area contributed by atoms with Gasteiger partial charge in [0, 0.05) is 69.4 Å². The molecule has 0 aromatic heterocycles. The molecule has 1 aromatic carbocycles. The third-order valence-corrected chi connectivity index (χ3v) is 5.75. The summed E-state index contributed by atoms with van der Waals surface area (Å²) in [5, 5.41) is 0. The van der Waals surface area contributed by atoms with Crippen molar-refractivity contribution in [3.63, 3.8) is 0 Å². The van der Waals surface area contributed by atoms with Crippen LogP contribution in [0.15, 0.2) is 18.2 Å². The lowest BCUT2D eigenvalue weighted by atomic mass is 10.1. The monoisotopic (exact) mass is 365 g/mol. The van der Waals surface area contributed by atoms with Gasteiger partial charge in [-0.3, -0.25) is 14.6 Å². The predicted octanol–water partition coefficient (Wildman–Crippen LogP) is 2.87. The zero-order valence-electron chi connectivity index (χ0n) is 15.8. The quantitative estimate of drug-likeness (QED) is 0.821. The van der Waals surface area contributed by atoms with Crippen LogP contribution in [0.2, 0.25) is 0 Å². The number of likely N-dealkylation sites (tertiary alicyclic amines) is 1. The van der Waals surface area contributed by atoms with Gasteiger partial charge in [-0.1, -0.05) is 6.07 Å². The Bertz CT molecular complexity index is 629. The smallest absolute Gasteiger partial charge is 0.222 e. The van der Waals surface area contributed by atoms with Crippen molar-refractivity contribution < 1.29 is 13.6 Å². The molecule has 0 bridgehead atoms. The first kappa shape index (κ1) is 19.2. The molecular formula is C20H29F2N3O.